The predicted molar refractivity (Wildman–Crippen MR) is 128 cm³/mol. The first kappa shape index (κ1) is 21.5. The second-order valence-corrected chi connectivity index (χ2v) is 8.78. The second-order valence-electron chi connectivity index (χ2n) is 8.39. The topological polar surface area (TPSA) is 49.2 Å². The quantitative estimate of drug-likeness (QED) is 0.575. The minimum Gasteiger partial charge on any atom is -0.352 e. The first-order valence-corrected chi connectivity index (χ1v) is 11.0. The molecule has 6 nitrogen and oxygen atoms in total. The molecule has 31 heavy (non-hydrogen) atoms. The molecule has 1 aliphatic heterocycles. The Morgan fingerprint density at radius 3 is 2.55 bits per heavy atom. The fourth-order valence-electron chi connectivity index (χ4n) is 4.33. The molecule has 0 spiro atoms. The first-order chi connectivity index (χ1) is 15.0. The van der Waals surface area contributed by atoms with Gasteiger partial charge in [0, 0.05) is 49.6 Å². The van der Waals surface area contributed by atoms with Crippen LogP contribution in [0.15, 0.2) is 55.0 Å². The zero-order valence-corrected chi connectivity index (χ0v) is 19.4. The van der Waals surface area contributed by atoms with Crippen molar-refractivity contribution >= 4 is 17.3 Å². The van der Waals surface area contributed by atoms with E-state index >= 15 is 0 Å². The molecule has 0 aromatic carbocycles. The van der Waals surface area contributed by atoms with Crippen molar-refractivity contribution in [2.75, 3.05) is 27.2 Å². The average Bonchev–Trinajstić information content (AvgIpc) is 3.24. The number of pyridine rings is 2. The third-order valence-corrected chi connectivity index (χ3v) is 6.36. The van der Waals surface area contributed by atoms with Gasteiger partial charge in [0.15, 0.2) is 5.11 Å². The molecule has 0 unspecified atom stereocenters. The lowest BCUT2D eigenvalue weighted by Crippen LogP contribution is -2.35. The van der Waals surface area contributed by atoms with Crippen LogP contribution >= 0.6 is 12.2 Å². The molecule has 4 rings (SSSR count). The molecule has 162 valence electrons. The lowest BCUT2D eigenvalue weighted by Gasteiger charge is -2.29. The molecular formula is C24H30N6S. The highest BCUT2D eigenvalue weighted by Crippen LogP contribution is 2.40. The minimum absolute atomic E-state index is 0.0192. The maximum absolute atomic E-state index is 5.79. The molecule has 2 atom stereocenters. The standard InChI is InChI=1S/C24H30N6S/c1-17-15-20(18(2)30(17)16-19-8-11-25-12-9-19)23-22(21-7-5-6-10-26-21)27-24(31)29(23)14-13-28(3)4/h5-12,15,22-23H,13-14,16H2,1-4H3,(H,27,31)/t22-,23-/m1/s1. The molecule has 1 saturated heterocycles. The van der Waals surface area contributed by atoms with E-state index in [0.29, 0.717) is 0 Å². The van der Waals surface area contributed by atoms with Crippen LogP contribution in [0.2, 0.25) is 0 Å². The van der Waals surface area contributed by atoms with Gasteiger partial charge in [-0.15, -0.1) is 0 Å². The monoisotopic (exact) mass is 434 g/mol. The molecule has 0 saturated carbocycles. The van der Waals surface area contributed by atoms with Gasteiger partial charge in [0.2, 0.25) is 0 Å². The molecule has 3 aromatic rings. The Morgan fingerprint density at radius 2 is 1.87 bits per heavy atom. The first-order valence-electron chi connectivity index (χ1n) is 10.6. The molecule has 1 N–H and O–H groups in total. The molecule has 0 amide bonds. The largest absolute Gasteiger partial charge is 0.352 e. The number of aromatic nitrogens is 3. The van der Waals surface area contributed by atoms with E-state index < -0.39 is 0 Å². The summed E-state index contributed by atoms with van der Waals surface area (Å²) >= 11 is 5.79. The molecule has 1 fully saturated rings. The van der Waals surface area contributed by atoms with Crippen LogP contribution in [0, 0.1) is 13.8 Å². The van der Waals surface area contributed by atoms with Crippen LogP contribution in [-0.2, 0) is 6.54 Å². The van der Waals surface area contributed by atoms with Crippen molar-refractivity contribution in [2.45, 2.75) is 32.5 Å². The van der Waals surface area contributed by atoms with Gasteiger partial charge < -0.3 is 19.7 Å². The summed E-state index contributed by atoms with van der Waals surface area (Å²) in [7, 11) is 4.19. The smallest absolute Gasteiger partial charge is 0.170 e. The Labute approximate surface area is 189 Å². The van der Waals surface area contributed by atoms with Crippen LogP contribution in [0.25, 0.3) is 0 Å². The van der Waals surface area contributed by atoms with E-state index in [9.17, 15) is 0 Å². The minimum atomic E-state index is 0.0192. The average molecular weight is 435 g/mol. The number of hydrogen-bond donors (Lipinski definition) is 1. The van der Waals surface area contributed by atoms with Crippen molar-refractivity contribution in [1.82, 2.24) is 29.7 Å². The molecule has 0 radical (unpaired) electrons. The number of likely N-dealkylation sites (N-methyl/N-ethyl adjacent to an activating group) is 1. The molecule has 0 aliphatic carbocycles. The summed E-state index contributed by atoms with van der Waals surface area (Å²) in [6, 6.07) is 12.7. The van der Waals surface area contributed by atoms with Gasteiger partial charge in [0.05, 0.1) is 17.8 Å². The Morgan fingerprint density at radius 1 is 1.10 bits per heavy atom. The van der Waals surface area contributed by atoms with Crippen molar-refractivity contribution in [1.29, 1.82) is 0 Å². The van der Waals surface area contributed by atoms with Gasteiger partial charge >= 0.3 is 0 Å². The van der Waals surface area contributed by atoms with Crippen LogP contribution in [0.4, 0.5) is 0 Å². The van der Waals surface area contributed by atoms with E-state index in [2.05, 4.69) is 81.9 Å². The lowest BCUT2D eigenvalue weighted by molar-refractivity contribution is 0.277. The second kappa shape index (κ2) is 9.16. The summed E-state index contributed by atoms with van der Waals surface area (Å²) < 4.78 is 2.38. The number of nitrogens with zero attached hydrogens (tertiary/aromatic N) is 5. The SMILES string of the molecule is Cc1cc([C@@H]2[C@@H](c3ccccn3)NC(=S)N2CCN(C)C)c(C)n1Cc1ccncc1. The van der Waals surface area contributed by atoms with Crippen LogP contribution < -0.4 is 5.32 Å². The molecule has 1 aliphatic rings. The molecule has 0 bridgehead atoms. The number of thiocarbonyl (C=S) groups is 1. The molecular weight excluding hydrogens is 404 g/mol. The van der Waals surface area contributed by atoms with Gasteiger partial charge in [0.25, 0.3) is 0 Å². The normalized spacial score (nSPS) is 18.6. The zero-order chi connectivity index (χ0) is 22.0. The summed E-state index contributed by atoms with van der Waals surface area (Å²) in [4.78, 5) is 13.3. The van der Waals surface area contributed by atoms with E-state index in [1.54, 1.807) is 0 Å². The van der Waals surface area contributed by atoms with E-state index in [-0.39, 0.29) is 12.1 Å². The van der Waals surface area contributed by atoms with Crippen LogP contribution in [-0.4, -0.2) is 56.6 Å². The van der Waals surface area contributed by atoms with Crippen LogP contribution in [0.5, 0.6) is 0 Å². The molecule has 3 aromatic heterocycles. The van der Waals surface area contributed by atoms with Crippen LogP contribution in [0.3, 0.4) is 0 Å². The van der Waals surface area contributed by atoms with Gasteiger partial charge in [-0.2, -0.15) is 0 Å². The third kappa shape index (κ3) is 4.48. The Kier molecular flexibility index (Phi) is 6.34. The van der Waals surface area contributed by atoms with Gasteiger partial charge in [-0.1, -0.05) is 6.07 Å². The zero-order valence-electron chi connectivity index (χ0n) is 18.6. The highest BCUT2D eigenvalue weighted by atomic mass is 32.1. The van der Waals surface area contributed by atoms with Crippen molar-refractivity contribution in [3.63, 3.8) is 0 Å². The van der Waals surface area contributed by atoms with E-state index in [1.807, 2.05) is 30.7 Å². The van der Waals surface area contributed by atoms with Gasteiger partial charge in [0.1, 0.15) is 0 Å². The fourth-order valence-corrected chi connectivity index (χ4v) is 4.67. The summed E-state index contributed by atoms with van der Waals surface area (Å²) in [6.07, 6.45) is 5.56. The highest BCUT2D eigenvalue weighted by Gasteiger charge is 2.41. The predicted octanol–water partition coefficient (Wildman–Crippen LogP) is 3.48. The lowest BCUT2D eigenvalue weighted by atomic mass is 9.97. The summed E-state index contributed by atoms with van der Waals surface area (Å²) in [5.41, 5.74) is 6.07. The van der Waals surface area contributed by atoms with Gasteiger partial charge in [-0.25, -0.2) is 0 Å². The number of hydrogen-bond acceptors (Lipinski definition) is 4. The Balaban J connectivity index is 1.73. The molecule has 7 heteroatoms. The van der Waals surface area contributed by atoms with E-state index in [4.69, 9.17) is 12.2 Å². The summed E-state index contributed by atoms with van der Waals surface area (Å²) in [5, 5.41) is 4.35. The van der Waals surface area contributed by atoms with Crippen molar-refractivity contribution in [3.8, 4) is 0 Å². The third-order valence-electron chi connectivity index (χ3n) is 6.01. The van der Waals surface area contributed by atoms with Gasteiger partial charge in [-0.05, 0) is 81.6 Å². The van der Waals surface area contributed by atoms with Crippen molar-refractivity contribution < 1.29 is 0 Å². The van der Waals surface area contributed by atoms with Crippen molar-refractivity contribution in [3.05, 3.63) is 83.2 Å². The molecule has 4 heterocycles. The number of nitrogens with one attached hydrogen (secondary N) is 1. The van der Waals surface area contributed by atoms with Crippen molar-refractivity contribution in [2.24, 2.45) is 0 Å². The van der Waals surface area contributed by atoms with Crippen LogP contribution in [0.1, 0.15) is 40.3 Å². The Hall–Kier alpha value is -2.77. The fraction of sp³-hybridized carbons (Fsp3) is 0.375. The van der Waals surface area contributed by atoms with E-state index in [1.165, 1.54) is 22.5 Å². The van der Waals surface area contributed by atoms with Gasteiger partial charge in [-0.3, -0.25) is 9.97 Å². The summed E-state index contributed by atoms with van der Waals surface area (Å²) in [5.74, 6) is 0. The Bertz CT molecular complexity index is 1030. The van der Waals surface area contributed by atoms with E-state index in [0.717, 1.165) is 30.4 Å². The number of aryl methyl sites for hydroxylation is 1. The summed E-state index contributed by atoms with van der Waals surface area (Å²) in [6.45, 7) is 7.02. The maximum Gasteiger partial charge on any atom is 0.170 e. The maximum atomic E-state index is 5.79. The number of rotatable bonds is 7. The highest BCUT2D eigenvalue weighted by molar-refractivity contribution is 7.80.